The Morgan fingerprint density at radius 1 is 1.25 bits per heavy atom. The first kappa shape index (κ1) is 22.9. The molecule has 1 aromatic heterocycles. The summed E-state index contributed by atoms with van der Waals surface area (Å²) >= 11 is 7.70. The van der Waals surface area contributed by atoms with Crippen LogP contribution in [-0.4, -0.2) is 38.6 Å². The number of thiazole rings is 1. The molecule has 0 saturated carbocycles. The third-order valence-corrected chi connectivity index (χ3v) is 7.74. The highest BCUT2D eigenvalue weighted by molar-refractivity contribution is 7.89. The van der Waals surface area contributed by atoms with E-state index < -0.39 is 15.9 Å². The van der Waals surface area contributed by atoms with Crippen molar-refractivity contribution in [3.8, 4) is 11.3 Å². The van der Waals surface area contributed by atoms with Crippen molar-refractivity contribution in [2.45, 2.75) is 30.8 Å². The van der Waals surface area contributed by atoms with Gasteiger partial charge in [-0.15, -0.1) is 11.3 Å². The molecule has 0 radical (unpaired) electrons. The fraction of sp³-hybridized carbons (Fsp3) is 0.273. The second-order valence-corrected chi connectivity index (χ2v) is 10.6. The maximum absolute atomic E-state index is 12.7. The average molecular weight is 492 g/mol. The first-order valence-corrected chi connectivity index (χ1v) is 12.8. The van der Waals surface area contributed by atoms with Gasteiger partial charge in [0.2, 0.25) is 10.0 Å². The molecule has 1 aliphatic rings. The summed E-state index contributed by atoms with van der Waals surface area (Å²) < 4.78 is 33.4. The lowest BCUT2D eigenvalue weighted by Crippen LogP contribution is -2.32. The van der Waals surface area contributed by atoms with Crippen molar-refractivity contribution in [1.29, 1.82) is 0 Å². The Morgan fingerprint density at radius 2 is 2.03 bits per heavy atom. The standard InChI is InChI=1S/C22H22ClN3O4S2/c1-14-25-20(13-31-14)15-4-7-17(8-5-15)26-22(27)16-6-9-19(23)21(11-16)32(28,29)24-12-18-3-2-10-30-18/h4-9,11,13,18,24H,2-3,10,12H2,1H3,(H,26,27)/t18-/m0/s1. The number of carbonyl (C=O) groups is 1. The van der Waals surface area contributed by atoms with Gasteiger partial charge in [-0.1, -0.05) is 23.7 Å². The SMILES string of the molecule is Cc1nc(-c2ccc(NC(=O)c3ccc(Cl)c(S(=O)(=O)NC[C@@H]4CCCO4)c3)cc2)cs1. The van der Waals surface area contributed by atoms with Crippen molar-refractivity contribution in [2.75, 3.05) is 18.5 Å². The molecule has 4 rings (SSSR count). The van der Waals surface area contributed by atoms with Gasteiger partial charge in [-0.25, -0.2) is 18.1 Å². The van der Waals surface area contributed by atoms with Crippen LogP contribution in [0.25, 0.3) is 11.3 Å². The number of carbonyl (C=O) groups excluding carboxylic acids is 1. The summed E-state index contributed by atoms with van der Waals surface area (Å²) in [6.45, 7) is 2.74. The highest BCUT2D eigenvalue weighted by atomic mass is 35.5. The molecule has 1 aliphatic heterocycles. The van der Waals surface area contributed by atoms with E-state index in [1.807, 2.05) is 24.4 Å². The predicted molar refractivity (Wildman–Crippen MR) is 126 cm³/mol. The number of rotatable bonds is 7. The van der Waals surface area contributed by atoms with Crippen molar-refractivity contribution in [3.63, 3.8) is 0 Å². The Labute approximate surface area is 195 Å². The Kier molecular flexibility index (Phi) is 6.92. The number of nitrogens with one attached hydrogen (secondary N) is 2. The molecule has 3 aromatic rings. The predicted octanol–water partition coefficient (Wildman–Crippen LogP) is 4.48. The molecule has 10 heteroatoms. The summed E-state index contributed by atoms with van der Waals surface area (Å²) in [5.74, 6) is -0.436. The monoisotopic (exact) mass is 491 g/mol. The van der Waals surface area contributed by atoms with E-state index in [0.29, 0.717) is 12.3 Å². The number of benzene rings is 2. The third kappa shape index (κ3) is 5.36. The topological polar surface area (TPSA) is 97.4 Å². The number of amides is 1. The smallest absolute Gasteiger partial charge is 0.255 e. The number of halogens is 1. The molecule has 0 bridgehead atoms. The lowest BCUT2D eigenvalue weighted by molar-refractivity contribution is 0.102. The quantitative estimate of drug-likeness (QED) is 0.507. The Balaban J connectivity index is 1.46. The molecule has 0 unspecified atom stereocenters. The summed E-state index contributed by atoms with van der Waals surface area (Å²) in [6.07, 6.45) is 1.57. The van der Waals surface area contributed by atoms with Gasteiger partial charge in [0.05, 0.1) is 21.8 Å². The van der Waals surface area contributed by atoms with Crippen molar-refractivity contribution in [2.24, 2.45) is 0 Å². The number of ether oxygens (including phenoxy) is 1. The van der Waals surface area contributed by atoms with E-state index in [4.69, 9.17) is 16.3 Å². The third-order valence-electron chi connectivity index (χ3n) is 5.07. The normalized spacial score (nSPS) is 16.2. The van der Waals surface area contributed by atoms with Gasteiger partial charge in [0, 0.05) is 35.3 Å². The molecule has 0 aliphatic carbocycles. The Morgan fingerprint density at radius 3 is 2.69 bits per heavy atom. The van der Waals surface area contributed by atoms with Gasteiger partial charge >= 0.3 is 0 Å². The fourth-order valence-corrected chi connectivity index (χ4v) is 5.57. The second-order valence-electron chi connectivity index (χ2n) is 7.42. The Bertz CT molecular complexity index is 1220. The maximum atomic E-state index is 12.7. The number of aryl methyl sites for hydroxylation is 1. The minimum Gasteiger partial charge on any atom is -0.377 e. The minimum absolute atomic E-state index is 0.0456. The van der Waals surface area contributed by atoms with Crippen LogP contribution in [0.2, 0.25) is 5.02 Å². The van der Waals surface area contributed by atoms with Crippen molar-refractivity contribution < 1.29 is 17.9 Å². The van der Waals surface area contributed by atoms with Crippen LogP contribution >= 0.6 is 22.9 Å². The van der Waals surface area contributed by atoms with Crippen LogP contribution in [-0.2, 0) is 14.8 Å². The zero-order chi connectivity index (χ0) is 22.7. The van der Waals surface area contributed by atoms with Gasteiger partial charge < -0.3 is 10.1 Å². The fourth-order valence-electron chi connectivity index (χ4n) is 3.36. The second kappa shape index (κ2) is 9.68. The number of nitrogens with zero attached hydrogens (tertiary/aromatic N) is 1. The van der Waals surface area contributed by atoms with E-state index in [2.05, 4.69) is 15.0 Å². The van der Waals surface area contributed by atoms with Gasteiger partial charge in [0.15, 0.2) is 0 Å². The van der Waals surface area contributed by atoms with Crippen molar-refractivity contribution in [1.82, 2.24) is 9.71 Å². The lowest BCUT2D eigenvalue weighted by Gasteiger charge is -2.13. The molecule has 0 spiro atoms. The molecule has 1 amide bonds. The van der Waals surface area contributed by atoms with Crippen LogP contribution in [0.4, 0.5) is 5.69 Å². The largest absolute Gasteiger partial charge is 0.377 e. The maximum Gasteiger partial charge on any atom is 0.255 e. The van der Waals surface area contributed by atoms with E-state index >= 15 is 0 Å². The molecule has 32 heavy (non-hydrogen) atoms. The number of anilines is 1. The van der Waals surface area contributed by atoms with Crippen molar-refractivity contribution in [3.05, 3.63) is 63.4 Å². The first-order valence-electron chi connectivity index (χ1n) is 10.1. The summed E-state index contributed by atoms with van der Waals surface area (Å²) in [7, 11) is -3.89. The van der Waals surface area contributed by atoms with E-state index in [0.717, 1.165) is 29.1 Å². The van der Waals surface area contributed by atoms with Crippen LogP contribution in [0.15, 0.2) is 52.7 Å². The van der Waals surface area contributed by atoms with Gasteiger partial charge in [-0.2, -0.15) is 0 Å². The molecule has 2 heterocycles. The first-order chi connectivity index (χ1) is 15.3. The molecule has 1 atom stereocenters. The van der Waals surface area contributed by atoms with Gasteiger partial charge in [0.1, 0.15) is 4.90 Å². The number of hydrogen-bond donors (Lipinski definition) is 2. The molecule has 168 valence electrons. The molecule has 7 nitrogen and oxygen atoms in total. The zero-order valence-corrected chi connectivity index (χ0v) is 19.7. The molecular weight excluding hydrogens is 470 g/mol. The van der Waals surface area contributed by atoms with Crippen molar-refractivity contribution >= 4 is 44.6 Å². The zero-order valence-electron chi connectivity index (χ0n) is 17.3. The number of sulfonamides is 1. The molecular formula is C22H22ClN3O4S2. The average Bonchev–Trinajstić information content (AvgIpc) is 3.45. The summed E-state index contributed by atoms with van der Waals surface area (Å²) in [5, 5.41) is 5.79. The highest BCUT2D eigenvalue weighted by Gasteiger charge is 2.23. The van der Waals surface area contributed by atoms with Crippen LogP contribution < -0.4 is 10.0 Å². The summed E-state index contributed by atoms with van der Waals surface area (Å²) in [4.78, 5) is 17.0. The van der Waals surface area contributed by atoms with Crippen LogP contribution in [0.1, 0.15) is 28.2 Å². The van der Waals surface area contributed by atoms with Crippen LogP contribution in [0, 0.1) is 6.92 Å². The minimum atomic E-state index is -3.89. The Hall–Kier alpha value is -2.30. The van der Waals surface area contributed by atoms with E-state index in [-0.39, 0.29) is 28.1 Å². The number of hydrogen-bond acceptors (Lipinski definition) is 6. The summed E-state index contributed by atoms with van der Waals surface area (Å²) in [5.41, 5.74) is 2.60. The highest BCUT2D eigenvalue weighted by Crippen LogP contribution is 2.25. The van der Waals surface area contributed by atoms with Gasteiger partial charge in [-0.05, 0) is 50.1 Å². The van der Waals surface area contributed by atoms with E-state index in [9.17, 15) is 13.2 Å². The molecule has 1 saturated heterocycles. The van der Waals surface area contributed by atoms with Crippen LogP contribution in [0.5, 0.6) is 0 Å². The van der Waals surface area contributed by atoms with Gasteiger partial charge in [0.25, 0.3) is 5.91 Å². The number of aromatic nitrogens is 1. The lowest BCUT2D eigenvalue weighted by atomic mass is 10.1. The van der Waals surface area contributed by atoms with Crippen LogP contribution in [0.3, 0.4) is 0 Å². The molecule has 1 fully saturated rings. The summed E-state index contributed by atoms with van der Waals surface area (Å²) in [6, 6.07) is 11.5. The molecule has 2 N–H and O–H groups in total. The van der Waals surface area contributed by atoms with E-state index in [1.54, 1.807) is 23.5 Å². The van der Waals surface area contributed by atoms with E-state index in [1.165, 1.54) is 18.2 Å². The van der Waals surface area contributed by atoms with Gasteiger partial charge in [-0.3, -0.25) is 4.79 Å². The molecule has 2 aromatic carbocycles.